The number of hydrogen-bond donors (Lipinski definition) is 2. The number of esters is 1. The summed E-state index contributed by atoms with van der Waals surface area (Å²) in [6.07, 6.45) is -2.12. The molecular weight excluding hydrogens is 486 g/mol. The lowest BCUT2D eigenvalue weighted by molar-refractivity contribution is -0.153. The van der Waals surface area contributed by atoms with Crippen LogP contribution in [0.1, 0.15) is 79.2 Å². The molecule has 1 aromatic carbocycles. The van der Waals surface area contributed by atoms with Gasteiger partial charge >= 0.3 is 24.2 Å². The summed E-state index contributed by atoms with van der Waals surface area (Å²) in [4.78, 5) is 48.4. The Morgan fingerprint density at radius 2 is 1.41 bits per heavy atom. The summed E-state index contributed by atoms with van der Waals surface area (Å²) in [5.74, 6) is -3.15. The molecule has 0 radical (unpaired) electrons. The first-order valence-corrected chi connectivity index (χ1v) is 12.3. The molecule has 0 aliphatic heterocycles. The number of rotatable bonds is 13. The number of nitrogens with two attached hydrogens (primary N) is 1. The first-order chi connectivity index (χ1) is 17.2. The molecular formula is C26H39NO10. The Labute approximate surface area is 217 Å². The fraction of sp³-hybridized carbons (Fsp3) is 0.615. The van der Waals surface area contributed by atoms with Crippen molar-refractivity contribution >= 4 is 24.2 Å². The van der Waals surface area contributed by atoms with Gasteiger partial charge in [0.05, 0.1) is 24.2 Å². The van der Waals surface area contributed by atoms with E-state index in [1.54, 1.807) is 41.5 Å². The number of hydrogen-bond acceptors (Lipinski definition) is 10. The minimum Gasteiger partial charge on any atom is -0.480 e. The van der Waals surface area contributed by atoms with E-state index in [0.29, 0.717) is 12.0 Å². The molecule has 0 amide bonds. The molecule has 0 bridgehead atoms. The van der Waals surface area contributed by atoms with Crippen LogP contribution in [0.3, 0.4) is 0 Å². The summed E-state index contributed by atoms with van der Waals surface area (Å²) in [5, 5.41) is 9.61. The third-order valence-corrected chi connectivity index (χ3v) is 5.19. The first kappa shape index (κ1) is 31.7. The smallest absolute Gasteiger partial charge is 0.480 e. The van der Waals surface area contributed by atoms with Gasteiger partial charge < -0.3 is 34.5 Å². The van der Waals surface area contributed by atoms with Crippen LogP contribution in [0, 0.1) is 5.92 Å². The highest BCUT2D eigenvalue weighted by molar-refractivity contribution is 5.75. The molecule has 208 valence electrons. The zero-order valence-corrected chi connectivity index (χ0v) is 22.5. The summed E-state index contributed by atoms with van der Waals surface area (Å²) >= 11 is 0. The van der Waals surface area contributed by atoms with E-state index >= 15 is 0 Å². The monoisotopic (exact) mass is 525 g/mol. The highest BCUT2D eigenvalue weighted by Crippen LogP contribution is 2.35. The zero-order valence-electron chi connectivity index (χ0n) is 22.5. The highest BCUT2D eigenvalue weighted by atomic mass is 16.7. The quantitative estimate of drug-likeness (QED) is 0.207. The van der Waals surface area contributed by atoms with E-state index in [4.69, 9.17) is 29.4 Å². The highest BCUT2D eigenvalue weighted by Gasteiger charge is 2.31. The number of ether oxygens (including phenoxy) is 5. The lowest BCUT2D eigenvalue weighted by Crippen LogP contribution is -2.38. The van der Waals surface area contributed by atoms with Crippen molar-refractivity contribution < 1.29 is 48.0 Å². The van der Waals surface area contributed by atoms with Crippen molar-refractivity contribution in [2.24, 2.45) is 11.7 Å². The van der Waals surface area contributed by atoms with E-state index in [-0.39, 0.29) is 29.8 Å². The second-order valence-corrected chi connectivity index (χ2v) is 9.39. The summed E-state index contributed by atoms with van der Waals surface area (Å²) in [6.45, 7) is 11.9. The number of carbonyl (C=O) groups is 4. The maximum atomic E-state index is 12.4. The van der Waals surface area contributed by atoms with Crippen LogP contribution >= 0.6 is 0 Å². The molecule has 0 saturated heterocycles. The molecule has 0 aromatic heterocycles. The van der Waals surface area contributed by atoms with Crippen LogP contribution in [0.4, 0.5) is 9.59 Å². The number of carbonyl (C=O) groups excluding carboxylic acids is 3. The lowest BCUT2D eigenvalue weighted by atomic mass is 9.87. The van der Waals surface area contributed by atoms with Gasteiger partial charge in [0.15, 0.2) is 11.5 Å². The molecule has 3 unspecified atom stereocenters. The molecule has 4 atom stereocenters. The largest absolute Gasteiger partial charge is 0.514 e. The number of aliphatic carboxylic acids is 1. The van der Waals surface area contributed by atoms with Gasteiger partial charge in [0.25, 0.3) is 0 Å². The zero-order chi connectivity index (χ0) is 28.3. The van der Waals surface area contributed by atoms with E-state index in [1.807, 2.05) is 6.92 Å². The summed E-state index contributed by atoms with van der Waals surface area (Å²) in [5.41, 5.74) is 6.35. The second kappa shape index (κ2) is 15.0. The minimum absolute atomic E-state index is 0.0729. The molecule has 0 fully saturated rings. The predicted molar refractivity (Wildman–Crippen MR) is 134 cm³/mol. The van der Waals surface area contributed by atoms with Crippen LogP contribution in [-0.4, -0.2) is 53.7 Å². The van der Waals surface area contributed by atoms with Crippen LogP contribution in [0.15, 0.2) is 18.2 Å². The van der Waals surface area contributed by atoms with Gasteiger partial charge in [-0.05, 0) is 65.2 Å². The van der Waals surface area contributed by atoms with Gasteiger partial charge in [-0.2, -0.15) is 0 Å². The average molecular weight is 526 g/mol. The molecule has 0 spiro atoms. The Hall–Kier alpha value is -3.34. The van der Waals surface area contributed by atoms with Crippen molar-refractivity contribution in [3.8, 4) is 11.5 Å². The minimum atomic E-state index is -1.37. The van der Waals surface area contributed by atoms with Crippen molar-refractivity contribution in [2.75, 3.05) is 0 Å². The van der Waals surface area contributed by atoms with Crippen LogP contribution < -0.4 is 15.2 Å². The summed E-state index contributed by atoms with van der Waals surface area (Å²) < 4.78 is 25.9. The predicted octanol–water partition coefficient (Wildman–Crippen LogP) is 4.79. The molecule has 11 nitrogen and oxygen atoms in total. The SMILES string of the molecule is CCCC(C)C(=O)OC(C)CC(c1ccc(OC(=O)OC(C)C)c(OC(=O)OC(C)C)c1)[C@H](N)C(=O)O. The third kappa shape index (κ3) is 11.1. The summed E-state index contributed by atoms with van der Waals surface area (Å²) in [7, 11) is 0. The Balaban J connectivity index is 3.32. The van der Waals surface area contributed by atoms with Gasteiger partial charge in [0.1, 0.15) is 6.04 Å². The van der Waals surface area contributed by atoms with Crippen molar-refractivity contribution in [3.63, 3.8) is 0 Å². The Bertz CT molecular complexity index is 930. The topological polar surface area (TPSA) is 161 Å². The van der Waals surface area contributed by atoms with Gasteiger partial charge in [-0.15, -0.1) is 0 Å². The van der Waals surface area contributed by atoms with Crippen molar-refractivity contribution in [3.05, 3.63) is 23.8 Å². The Kier molecular flexibility index (Phi) is 12.9. The maximum absolute atomic E-state index is 12.4. The maximum Gasteiger partial charge on any atom is 0.514 e. The van der Waals surface area contributed by atoms with E-state index in [0.717, 1.165) is 6.42 Å². The van der Waals surface area contributed by atoms with Crippen LogP contribution in [0.2, 0.25) is 0 Å². The van der Waals surface area contributed by atoms with E-state index in [1.165, 1.54) is 18.2 Å². The standard InChI is InChI=1S/C26H39NO10/c1-8-9-16(6)24(30)35-17(7)12-19(22(27)23(28)29)18-10-11-20(36-25(31)33-14(2)3)21(13-18)37-26(32)34-15(4)5/h10-11,13-17,19,22H,8-9,12,27H2,1-7H3,(H,28,29)/t16?,17?,19?,22-/m0/s1. The molecule has 3 N–H and O–H groups in total. The van der Waals surface area contributed by atoms with Crippen LogP contribution in [0.25, 0.3) is 0 Å². The fourth-order valence-corrected chi connectivity index (χ4v) is 3.47. The third-order valence-electron chi connectivity index (χ3n) is 5.19. The normalized spacial score (nSPS) is 14.3. The van der Waals surface area contributed by atoms with Gasteiger partial charge in [0.2, 0.25) is 0 Å². The van der Waals surface area contributed by atoms with Gasteiger partial charge in [0, 0.05) is 5.92 Å². The van der Waals surface area contributed by atoms with E-state index in [2.05, 4.69) is 0 Å². The second-order valence-electron chi connectivity index (χ2n) is 9.39. The molecule has 1 aromatic rings. The number of carboxylic acids is 1. The van der Waals surface area contributed by atoms with E-state index < -0.39 is 48.6 Å². The first-order valence-electron chi connectivity index (χ1n) is 12.3. The Morgan fingerprint density at radius 3 is 1.89 bits per heavy atom. The van der Waals surface area contributed by atoms with Gasteiger partial charge in [-0.25, -0.2) is 9.59 Å². The molecule has 0 aliphatic rings. The van der Waals surface area contributed by atoms with Gasteiger partial charge in [-0.1, -0.05) is 26.3 Å². The van der Waals surface area contributed by atoms with Crippen molar-refractivity contribution in [1.82, 2.24) is 0 Å². The molecule has 37 heavy (non-hydrogen) atoms. The van der Waals surface area contributed by atoms with Crippen LogP contribution in [0.5, 0.6) is 11.5 Å². The molecule has 0 aliphatic carbocycles. The molecule has 11 heteroatoms. The van der Waals surface area contributed by atoms with Crippen molar-refractivity contribution in [1.29, 1.82) is 0 Å². The van der Waals surface area contributed by atoms with Crippen molar-refractivity contribution in [2.45, 2.75) is 98.0 Å². The van der Waals surface area contributed by atoms with Gasteiger partial charge in [-0.3, -0.25) is 9.59 Å². The summed E-state index contributed by atoms with van der Waals surface area (Å²) in [6, 6.07) is 2.78. The average Bonchev–Trinajstić information content (AvgIpc) is 2.77. The number of carboxylic acid groups (broad SMARTS) is 1. The van der Waals surface area contributed by atoms with Crippen LogP contribution in [-0.2, 0) is 23.8 Å². The van der Waals surface area contributed by atoms with E-state index in [9.17, 15) is 24.3 Å². The Morgan fingerprint density at radius 1 is 0.865 bits per heavy atom. The molecule has 1 rings (SSSR count). The molecule has 0 heterocycles. The lowest BCUT2D eigenvalue weighted by Gasteiger charge is -2.26. The fourth-order valence-electron chi connectivity index (χ4n) is 3.47. The molecule has 0 saturated carbocycles. The number of benzene rings is 1.